The number of para-hydroxylation sites is 1. The van der Waals surface area contributed by atoms with E-state index in [1.165, 1.54) is 15.6 Å². The number of carbonyl (C=O) groups is 1. The number of hydrogen-bond acceptors (Lipinski definition) is 5. The Morgan fingerprint density at radius 3 is 2.52 bits per heavy atom. The molecule has 2 aromatic rings. The van der Waals surface area contributed by atoms with Crippen LogP contribution in [0, 0.1) is 0 Å². The van der Waals surface area contributed by atoms with Crippen LogP contribution >= 0.6 is 27.3 Å². The molecule has 0 unspecified atom stereocenters. The fourth-order valence-corrected chi connectivity index (χ4v) is 6.72. The van der Waals surface area contributed by atoms with E-state index in [2.05, 4.69) is 15.9 Å². The van der Waals surface area contributed by atoms with Crippen LogP contribution in [0.5, 0.6) is 5.75 Å². The standard InChI is InChI=1S/C18H17BrN2O4S2/c19-16-5-6-17(26-16)27(23,24)21-9-7-20(8-10-21)18(22)14-11-13-3-1-2-4-15(13)25-12-14/h1-6,11H,7-10,12H2. The minimum absolute atomic E-state index is 0.0968. The van der Waals surface area contributed by atoms with Gasteiger partial charge < -0.3 is 9.64 Å². The number of amides is 1. The zero-order valence-electron chi connectivity index (χ0n) is 14.3. The van der Waals surface area contributed by atoms with E-state index in [-0.39, 0.29) is 25.6 Å². The summed E-state index contributed by atoms with van der Waals surface area (Å²) in [5.74, 6) is 0.674. The van der Waals surface area contributed by atoms with Crippen LogP contribution < -0.4 is 4.74 Å². The highest BCUT2D eigenvalue weighted by molar-refractivity contribution is 9.11. The number of hydrogen-bond donors (Lipinski definition) is 0. The Morgan fingerprint density at radius 2 is 1.81 bits per heavy atom. The summed E-state index contributed by atoms with van der Waals surface area (Å²) in [6, 6.07) is 10.9. The maximum atomic E-state index is 12.8. The Labute approximate surface area is 170 Å². The van der Waals surface area contributed by atoms with Gasteiger partial charge in [0.15, 0.2) is 0 Å². The molecule has 1 aromatic heterocycles. The van der Waals surface area contributed by atoms with E-state index < -0.39 is 10.0 Å². The summed E-state index contributed by atoms with van der Waals surface area (Å²) in [5, 5.41) is 0. The highest BCUT2D eigenvalue weighted by Gasteiger charge is 2.32. The Kier molecular flexibility index (Phi) is 5.11. The van der Waals surface area contributed by atoms with Gasteiger partial charge in [-0.3, -0.25) is 4.79 Å². The Hall–Kier alpha value is -1.68. The minimum atomic E-state index is -3.51. The first-order valence-electron chi connectivity index (χ1n) is 8.42. The number of piperazine rings is 1. The van der Waals surface area contributed by atoms with Crippen LogP contribution in [0.15, 0.2) is 50.0 Å². The zero-order chi connectivity index (χ0) is 19.0. The molecule has 0 spiro atoms. The molecule has 0 saturated carbocycles. The quantitative estimate of drug-likeness (QED) is 0.694. The van der Waals surface area contributed by atoms with Crippen molar-refractivity contribution in [1.82, 2.24) is 9.21 Å². The Bertz CT molecular complexity index is 1010. The second kappa shape index (κ2) is 7.38. The van der Waals surface area contributed by atoms with Crippen LogP contribution in [0.1, 0.15) is 5.56 Å². The van der Waals surface area contributed by atoms with Gasteiger partial charge in [-0.25, -0.2) is 8.42 Å². The van der Waals surface area contributed by atoms with E-state index in [9.17, 15) is 13.2 Å². The smallest absolute Gasteiger partial charge is 0.253 e. The van der Waals surface area contributed by atoms with Gasteiger partial charge in [-0.15, -0.1) is 11.3 Å². The lowest BCUT2D eigenvalue weighted by molar-refractivity contribution is -0.128. The Balaban J connectivity index is 1.44. The molecule has 1 fully saturated rings. The average Bonchev–Trinajstić information content (AvgIpc) is 3.14. The summed E-state index contributed by atoms with van der Waals surface area (Å²) in [6.07, 6.45) is 1.85. The summed E-state index contributed by atoms with van der Waals surface area (Å²) >= 11 is 4.49. The predicted octanol–water partition coefficient (Wildman–Crippen LogP) is 2.82. The first-order valence-corrected chi connectivity index (χ1v) is 11.5. The van der Waals surface area contributed by atoms with Crippen LogP contribution in [0.2, 0.25) is 0 Å². The number of halogens is 1. The van der Waals surface area contributed by atoms with Crippen LogP contribution in [-0.4, -0.2) is 56.3 Å². The van der Waals surface area contributed by atoms with Crippen molar-refractivity contribution in [2.75, 3.05) is 32.8 Å². The molecule has 1 amide bonds. The van der Waals surface area contributed by atoms with E-state index in [1.54, 1.807) is 17.0 Å². The molecule has 27 heavy (non-hydrogen) atoms. The molecule has 0 bridgehead atoms. The summed E-state index contributed by atoms with van der Waals surface area (Å²) in [6.45, 7) is 1.54. The summed E-state index contributed by atoms with van der Waals surface area (Å²) in [7, 11) is -3.51. The van der Waals surface area contributed by atoms with Gasteiger partial charge in [0.05, 0.1) is 9.36 Å². The normalized spacial score (nSPS) is 17.8. The van der Waals surface area contributed by atoms with Crippen molar-refractivity contribution in [2.45, 2.75) is 4.21 Å². The monoisotopic (exact) mass is 468 g/mol. The number of fused-ring (bicyclic) bond motifs is 1. The van der Waals surface area contributed by atoms with Gasteiger partial charge in [0.2, 0.25) is 0 Å². The molecular weight excluding hydrogens is 452 g/mol. The van der Waals surface area contributed by atoms with E-state index in [0.717, 1.165) is 15.1 Å². The lowest BCUT2D eigenvalue weighted by Crippen LogP contribution is -2.51. The largest absolute Gasteiger partial charge is 0.488 e. The first-order chi connectivity index (χ1) is 12.9. The number of nitrogens with zero attached hydrogens (tertiary/aromatic N) is 2. The molecule has 3 heterocycles. The molecule has 4 rings (SSSR count). The summed E-state index contributed by atoms with van der Waals surface area (Å²) in [5.41, 5.74) is 1.48. The van der Waals surface area contributed by atoms with Crippen molar-refractivity contribution in [2.24, 2.45) is 0 Å². The van der Waals surface area contributed by atoms with E-state index in [4.69, 9.17) is 4.74 Å². The molecule has 1 aromatic carbocycles. The van der Waals surface area contributed by atoms with Gasteiger partial charge in [-0.1, -0.05) is 18.2 Å². The maximum absolute atomic E-state index is 12.8. The fraction of sp³-hybridized carbons (Fsp3) is 0.278. The third kappa shape index (κ3) is 3.69. The van der Waals surface area contributed by atoms with E-state index >= 15 is 0 Å². The van der Waals surface area contributed by atoms with Gasteiger partial charge >= 0.3 is 0 Å². The minimum Gasteiger partial charge on any atom is -0.488 e. The molecule has 0 N–H and O–H groups in total. The third-order valence-corrected chi connectivity index (χ3v) is 8.56. The van der Waals surface area contributed by atoms with Crippen LogP contribution in [-0.2, 0) is 14.8 Å². The number of thiophene rings is 1. The van der Waals surface area contributed by atoms with E-state index in [1.807, 2.05) is 30.3 Å². The topological polar surface area (TPSA) is 66.9 Å². The van der Waals surface area contributed by atoms with E-state index in [0.29, 0.717) is 22.9 Å². The maximum Gasteiger partial charge on any atom is 0.253 e. The van der Waals surface area contributed by atoms with Crippen molar-refractivity contribution in [3.05, 3.63) is 51.3 Å². The first kappa shape index (κ1) is 18.7. The van der Waals surface area contributed by atoms with Gasteiger partial charge in [-0.2, -0.15) is 4.31 Å². The molecule has 0 radical (unpaired) electrons. The number of ether oxygens (including phenoxy) is 1. The average molecular weight is 469 g/mol. The van der Waals surface area contributed by atoms with Gasteiger partial charge in [0, 0.05) is 31.7 Å². The molecule has 6 nitrogen and oxygen atoms in total. The molecule has 1 saturated heterocycles. The Morgan fingerprint density at radius 1 is 1.07 bits per heavy atom. The van der Waals surface area contributed by atoms with Crippen molar-refractivity contribution < 1.29 is 17.9 Å². The zero-order valence-corrected chi connectivity index (χ0v) is 17.5. The van der Waals surface area contributed by atoms with Gasteiger partial charge in [0.1, 0.15) is 16.6 Å². The molecule has 2 aliphatic rings. The second-order valence-electron chi connectivity index (χ2n) is 6.25. The second-order valence-corrected chi connectivity index (χ2v) is 10.9. The van der Waals surface area contributed by atoms with Crippen LogP contribution in [0.25, 0.3) is 6.08 Å². The summed E-state index contributed by atoms with van der Waals surface area (Å²) in [4.78, 5) is 14.5. The van der Waals surface area contributed by atoms with Gasteiger partial charge in [0.25, 0.3) is 15.9 Å². The molecule has 9 heteroatoms. The highest BCUT2D eigenvalue weighted by Crippen LogP contribution is 2.30. The fourth-order valence-electron chi connectivity index (χ4n) is 3.14. The SMILES string of the molecule is O=C(C1=Cc2ccccc2OC1)N1CCN(S(=O)(=O)c2ccc(Br)s2)CC1. The lowest BCUT2D eigenvalue weighted by atomic mass is 10.1. The van der Waals surface area contributed by atoms with Crippen LogP contribution in [0.3, 0.4) is 0 Å². The van der Waals surface area contributed by atoms with Gasteiger partial charge in [-0.05, 0) is 40.2 Å². The number of rotatable bonds is 3. The van der Waals surface area contributed by atoms with Crippen molar-refractivity contribution >= 4 is 49.3 Å². The molecule has 0 atom stereocenters. The molecular formula is C18H17BrN2O4S2. The summed E-state index contributed by atoms with van der Waals surface area (Å²) < 4.78 is 33.6. The van der Waals surface area contributed by atoms with Crippen molar-refractivity contribution in [1.29, 1.82) is 0 Å². The number of benzene rings is 1. The lowest BCUT2D eigenvalue weighted by Gasteiger charge is -2.34. The highest BCUT2D eigenvalue weighted by atomic mass is 79.9. The number of carbonyl (C=O) groups excluding carboxylic acids is 1. The third-order valence-electron chi connectivity index (χ3n) is 4.58. The molecule has 142 valence electrons. The molecule has 0 aliphatic carbocycles. The molecule has 2 aliphatic heterocycles. The van der Waals surface area contributed by atoms with Crippen LogP contribution in [0.4, 0.5) is 0 Å². The van der Waals surface area contributed by atoms with Crippen molar-refractivity contribution in [3.8, 4) is 5.75 Å². The number of sulfonamides is 1. The van der Waals surface area contributed by atoms with Crippen molar-refractivity contribution in [3.63, 3.8) is 0 Å². The predicted molar refractivity (Wildman–Crippen MR) is 107 cm³/mol.